The fourth-order valence-corrected chi connectivity index (χ4v) is 3.82. The molecule has 0 bridgehead atoms. The summed E-state index contributed by atoms with van der Waals surface area (Å²) < 4.78 is 6.65. The maximum atomic E-state index is 13.4. The second-order valence-electron chi connectivity index (χ2n) is 7.92. The molecule has 0 saturated carbocycles. The molecule has 168 valence electrons. The Morgan fingerprint density at radius 2 is 1.85 bits per heavy atom. The molecule has 1 N–H and O–H groups in total. The topological polar surface area (TPSA) is 103 Å². The second kappa shape index (κ2) is 8.74. The van der Waals surface area contributed by atoms with Crippen molar-refractivity contribution in [2.45, 2.75) is 13.5 Å². The van der Waals surface area contributed by atoms with Gasteiger partial charge in [-0.05, 0) is 60.5 Å². The van der Waals surface area contributed by atoms with Gasteiger partial charge >= 0.3 is 0 Å². The number of aromatic amines is 1. The molecular formula is C26H21N5O3. The van der Waals surface area contributed by atoms with Gasteiger partial charge in [0.2, 0.25) is 5.43 Å². The molecule has 34 heavy (non-hydrogen) atoms. The molecule has 3 heterocycles. The Balaban J connectivity index is 1.59. The van der Waals surface area contributed by atoms with E-state index in [0.717, 1.165) is 28.3 Å². The number of hydrogen-bond acceptors (Lipinski definition) is 6. The van der Waals surface area contributed by atoms with E-state index in [-0.39, 0.29) is 16.5 Å². The van der Waals surface area contributed by atoms with E-state index in [1.165, 1.54) is 4.68 Å². The van der Waals surface area contributed by atoms with Crippen LogP contribution in [-0.2, 0) is 6.54 Å². The Labute approximate surface area is 194 Å². The fourth-order valence-electron chi connectivity index (χ4n) is 3.82. The monoisotopic (exact) mass is 451 g/mol. The lowest BCUT2D eigenvalue weighted by atomic mass is 10.1. The third kappa shape index (κ3) is 4.09. The van der Waals surface area contributed by atoms with Crippen LogP contribution in [0.5, 0.6) is 5.75 Å². The highest BCUT2D eigenvalue weighted by atomic mass is 16.5. The third-order valence-corrected chi connectivity index (χ3v) is 5.55. The summed E-state index contributed by atoms with van der Waals surface area (Å²) >= 11 is 0. The van der Waals surface area contributed by atoms with Gasteiger partial charge in [0.25, 0.3) is 5.56 Å². The average molecular weight is 451 g/mol. The average Bonchev–Trinajstić information content (AvgIpc) is 3.22. The number of aryl methyl sites for hydroxylation is 1. The van der Waals surface area contributed by atoms with Crippen molar-refractivity contribution < 1.29 is 4.74 Å². The third-order valence-electron chi connectivity index (χ3n) is 5.55. The van der Waals surface area contributed by atoms with Gasteiger partial charge in [-0.2, -0.15) is 0 Å². The molecule has 0 amide bonds. The maximum Gasteiger partial charge on any atom is 0.278 e. The first kappa shape index (κ1) is 21.3. The van der Waals surface area contributed by atoms with Crippen LogP contribution in [-0.4, -0.2) is 32.1 Å². The van der Waals surface area contributed by atoms with E-state index < -0.39 is 5.56 Å². The molecule has 5 aromatic rings. The van der Waals surface area contributed by atoms with Gasteiger partial charge in [0, 0.05) is 11.1 Å². The minimum absolute atomic E-state index is 0.00997. The quantitative estimate of drug-likeness (QED) is 0.438. The first-order valence-electron chi connectivity index (χ1n) is 10.7. The number of aromatic nitrogens is 5. The molecule has 0 unspecified atom stereocenters. The van der Waals surface area contributed by atoms with Gasteiger partial charge < -0.3 is 9.72 Å². The second-order valence-corrected chi connectivity index (χ2v) is 7.92. The molecular weight excluding hydrogens is 430 g/mol. The SMILES string of the molecule is COc1ccc(Cn2nnc3c(=O)[nH]c4cc(C=Cc5cccc(C)n5)ccc4c(=O)c32)cc1. The highest BCUT2D eigenvalue weighted by molar-refractivity contribution is 5.88. The van der Waals surface area contributed by atoms with Gasteiger partial charge in [-0.3, -0.25) is 14.6 Å². The zero-order valence-corrected chi connectivity index (χ0v) is 18.6. The first-order chi connectivity index (χ1) is 16.5. The number of rotatable bonds is 5. The Hall–Kier alpha value is -4.59. The molecule has 8 heteroatoms. The van der Waals surface area contributed by atoms with Gasteiger partial charge in [-0.1, -0.05) is 35.6 Å². The van der Waals surface area contributed by atoms with Gasteiger partial charge in [-0.15, -0.1) is 5.10 Å². The van der Waals surface area contributed by atoms with Crippen molar-refractivity contribution in [3.05, 3.63) is 104 Å². The van der Waals surface area contributed by atoms with Crippen molar-refractivity contribution in [2.24, 2.45) is 0 Å². The lowest BCUT2D eigenvalue weighted by Crippen LogP contribution is -2.10. The first-order valence-corrected chi connectivity index (χ1v) is 10.7. The van der Waals surface area contributed by atoms with Crippen LogP contribution in [0.3, 0.4) is 0 Å². The summed E-state index contributed by atoms with van der Waals surface area (Å²) in [5.74, 6) is 0.730. The van der Waals surface area contributed by atoms with Crippen molar-refractivity contribution in [1.29, 1.82) is 0 Å². The van der Waals surface area contributed by atoms with Crippen molar-refractivity contribution >= 4 is 34.1 Å². The van der Waals surface area contributed by atoms with Crippen molar-refractivity contribution in [3.63, 3.8) is 0 Å². The Morgan fingerprint density at radius 1 is 1.03 bits per heavy atom. The molecule has 0 aliphatic heterocycles. The Bertz CT molecular complexity index is 1670. The molecule has 0 aliphatic rings. The molecule has 0 aliphatic carbocycles. The van der Waals surface area contributed by atoms with Crippen molar-refractivity contribution in [2.75, 3.05) is 7.11 Å². The number of benzene rings is 2. The van der Waals surface area contributed by atoms with E-state index in [0.29, 0.717) is 17.4 Å². The van der Waals surface area contributed by atoms with Crippen LogP contribution >= 0.6 is 0 Å². The maximum absolute atomic E-state index is 13.4. The molecule has 8 nitrogen and oxygen atoms in total. The van der Waals surface area contributed by atoms with Crippen LogP contribution in [0.4, 0.5) is 0 Å². The van der Waals surface area contributed by atoms with Gasteiger partial charge in [0.15, 0.2) is 5.52 Å². The summed E-state index contributed by atoms with van der Waals surface area (Å²) in [6.45, 7) is 2.23. The summed E-state index contributed by atoms with van der Waals surface area (Å²) in [5.41, 5.74) is 3.31. The molecule has 0 spiro atoms. The minimum Gasteiger partial charge on any atom is -0.497 e. The molecule has 3 aromatic heterocycles. The summed E-state index contributed by atoms with van der Waals surface area (Å²) in [7, 11) is 1.60. The summed E-state index contributed by atoms with van der Waals surface area (Å²) in [6.07, 6.45) is 3.78. The van der Waals surface area contributed by atoms with E-state index in [2.05, 4.69) is 20.3 Å². The summed E-state index contributed by atoms with van der Waals surface area (Å²) in [5, 5.41) is 8.46. The molecule has 0 radical (unpaired) electrons. The molecule has 0 saturated heterocycles. The predicted octanol–water partition coefficient (Wildman–Crippen LogP) is 3.56. The Kier molecular flexibility index (Phi) is 5.47. The van der Waals surface area contributed by atoms with Gasteiger partial charge in [0.1, 0.15) is 11.3 Å². The lowest BCUT2D eigenvalue weighted by Gasteiger charge is -2.04. The van der Waals surface area contributed by atoms with Crippen LogP contribution in [0, 0.1) is 6.92 Å². The number of H-pyrrole nitrogens is 1. The molecule has 5 rings (SSSR count). The number of hydrogen-bond donors (Lipinski definition) is 1. The normalized spacial score (nSPS) is 11.5. The van der Waals surface area contributed by atoms with E-state index in [1.807, 2.05) is 67.6 Å². The summed E-state index contributed by atoms with van der Waals surface area (Å²) in [4.78, 5) is 33.6. The fraction of sp³-hybridized carbons (Fsp3) is 0.115. The van der Waals surface area contributed by atoms with Gasteiger partial charge in [-0.25, -0.2) is 4.68 Å². The smallest absolute Gasteiger partial charge is 0.278 e. The number of fused-ring (bicyclic) bond motifs is 2. The van der Waals surface area contributed by atoms with E-state index >= 15 is 0 Å². The lowest BCUT2D eigenvalue weighted by molar-refractivity contribution is 0.414. The van der Waals surface area contributed by atoms with Crippen molar-refractivity contribution in [1.82, 2.24) is 25.0 Å². The van der Waals surface area contributed by atoms with Crippen molar-refractivity contribution in [3.8, 4) is 5.75 Å². The number of nitrogens with zero attached hydrogens (tertiary/aromatic N) is 4. The Morgan fingerprint density at radius 3 is 2.62 bits per heavy atom. The van der Waals surface area contributed by atoms with E-state index in [4.69, 9.17) is 4.74 Å². The summed E-state index contributed by atoms with van der Waals surface area (Å²) in [6, 6.07) is 18.5. The zero-order chi connectivity index (χ0) is 23.7. The molecule has 0 fully saturated rings. The highest BCUT2D eigenvalue weighted by Gasteiger charge is 2.14. The van der Waals surface area contributed by atoms with Gasteiger partial charge in [0.05, 0.1) is 24.9 Å². The van der Waals surface area contributed by atoms with Crippen LogP contribution in [0.1, 0.15) is 22.5 Å². The number of pyridine rings is 1. The molecule has 2 aromatic carbocycles. The van der Waals surface area contributed by atoms with Crippen LogP contribution in [0.25, 0.3) is 34.1 Å². The number of nitrogens with one attached hydrogen (secondary N) is 1. The van der Waals surface area contributed by atoms with Crippen LogP contribution in [0.15, 0.2) is 70.3 Å². The largest absolute Gasteiger partial charge is 0.497 e. The molecule has 0 atom stereocenters. The number of methoxy groups -OCH3 is 1. The highest BCUT2D eigenvalue weighted by Crippen LogP contribution is 2.16. The predicted molar refractivity (Wildman–Crippen MR) is 132 cm³/mol. The van der Waals surface area contributed by atoms with Crippen LogP contribution in [0.2, 0.25) is 0 Å². The standard InChI is InChI=1S/C26H21N5O3/c1-16-4-3-5-19(27-16)10-6-17-9-13-21-22(14-17)28-26(33)23-24(25(21)32)31(30-29-23)15-18-7-11-20(34-2)12-8-18/h3-14H,15H2,1-2H3,(H,28,33). The van der Waals surface area contributed by atoms with Crippen LogP contribution < -0.4 is 15.7 Å². The zero-order valence-electron chi connectivity index (χ0n) is 18.6. The van der Waals surface area contributed by atoms with E-state index in [9.17, 15) is 9.59 Å². The minimum atomic E-state index is -0.468. The van der Waals surface area contributed by atoms with E-state index in [1.54, 1.807) is 19.2 Å². The number of ether oxygens (including phenoxy) is 1.